The van der Waals surface area contributed by atoms with Crippen LogP contribution in [0, 0.1) is 0 Å². The standard InChI is InChI=1S/C14H22N2/c1-3-5-8-14(16-9-4-2)11-13-7-6-10-15-12-13/h3,6-7,10,12,14,16H,1,4-5,8-9,11H2,2H3. The molecule has 0 aliphatic heterocycles. The van der Waals surface area contributed by atoms with Crippen LogP contribution in [-0.2, 0) is 6.42 Å². The molecule has 1 rings (SSSR count). The van der Waals surface area contributed by atoms with Crippen LogP contribution in [0.5, 0.6) is 0 Å². The Morgan fingerprint density at radius 2 is 2.44 bits per heavy atom. The maximum atomic E-state index is 4.15. The Morgan fingerprint density at radius 1 is 1.56 bits per heavy atom. The summed E-state index contributed by atoms with van der Waals surface area (Å²) < 4.78 is 0. The number of allylic oxidation sites excluding steroid dienone is 1. The van der Waals surface area contributed by atoms with E-state index in [0.29, 0.717) is 6.04 Å². The molecule has 1 unspecified atom stereocenters. The zero-order chi connectivity index (χ0) is 11.6. The molecule has 16 heavy (non-hydrogen) atoms. The molecule has 0 fully saturated rings. The van der Waals surface area contributed by atoms with Crippen LogP contribution in [0.4, 0.5) is 0 Å². The quantitative estimate of drug-likeness (QED) is 0.679. The van der Waals surface area contributed by atoms with E-state index in [4.69, 9.17) is 0 Å². The summed E-state index contributed by atoms with van der Waals surface area (Å²) in [4.78, 5) is 4.15. The van der Waals surface area contributed by atoms with Crippen molar-refractivity contribution in [1.82, 2.24) is 10.3 Å². The molecule has 0 aliphatic carbocycles. The molecule has 0 aliphatic rings. The molecule has 1 atom stereocenters. The fourth-order valence-electron chi connectivity index (χ4n) is 1.75. The van der Waals surface area contributed by atoms with Crippen LogP contribution < -0.4 is 5.32 Å². The first-order valence-electron chi connectivity index (χ1n) is 6.10. The van der Waals surface area contributed by atoms with Gasteiger partial charge < -0.3 is 5.32 Å². The Balaban J connectivity index is 2.45. The highest BCUT2D eigenvalue weighted by Gasteiger charge is 2.07. The summed E-state index contributed by atoms with van der Waals surface area (Å²) >= 11 is 0. The molecule has 1 heterocycles. The molecule has 2 heteroatoms. The maximum Gasteiger partial charge on any atom is 0.0300 e. The summed E-state index contributed by atoms with van der Waals surface area (Å²) in [5.74, 6) is 0. The van der Waals surface area contributed by atoms with Crippen LogP contribution in [0.25, 0.3) is 0 Å². The number of rotatable bonds is 8. The lowest BCUT2D eigenvalue weighted by Gasteiger charge is -2.17. The van der Waals surface area contributed by atoms with Gasteiger partial charge in [0.15, 0.2) is 0 Å². The predicted octanol–water partition coefficient (Wildman–Crippen LogP) is 2.96. The summed E-state index contributed by atoms with van der Waals surface area (Å²) in [6, 6.07) is 4.68. The zero-order valence-corrected chi connectivity index (χ0v) is 10.2. The van der Waals surface area contributed by atoms with Crippen LogP contribution in [0.1, 0.15) is 31.7 Å². The summed E-state index contributed by atoms with van der Waals surface area (Å²) in [7, 11) is 0. The zero-order valence-electron chi connectivity index (χ0n) is 10.2. The smallest absolute Gasteiger partial charge is 0.0300 e. The van der Waals surface area contributed by atoms with Crippen LogP contribution in [0.15, 0.2) is 37.2 Å². The fraction of sp³-hybridized carbons (Fsp3) is 0.500. The van der Waals surface area contributed by atoms with Crippen molar-refractivity contribution in [3.05, 3.63) is 42.7 Å². The molecule has 88 valence electrons. The van der Waals surface area contributed by atoms with E-state index in [9.17, 15) is 0 Å². The van der Waals surface area contributed by atoms with E-state index >= 15 is 0 Å². The van der Waals surface area contributed by atoms with Crippen molar-refractivity contribution in [1.29, 1.82) is 0 Å². The van der Waals surface area contributed by atoms with Gasteiger partial charge in [-0.05, 0) is 43.9 Å². The number of hydrogen-bond acceptors (Lipinski definition) is 2. The van der Waals surface area contributed by atoms with E-state index in [0.717, 1.165) is 25.8 Å². The number of aromatic nitrogens is 1. The van der Waals surface area contributed by atoms with Gasteiger partial charge in [0.05, 0.1) is 0 Å². The maximum absolute atomic E-state index is 4.15. The summed E-state index contributed by atoms with van der Waals surface area (Å²) in [6.07, 6.45) is 10.2. The number of nitrogens with one attached hydrogen (secondary N) is 1. The Morgan fingerprint density at radius 3 is 3.06 bits per heavy atom. The predicted molar refractivity (Wildman–Crippen MR) is 69.5 cm³/mol. The van der Waals surface area contributed by atoms with Gasteiger partial charge in [-0.3, -0.25) is 4.98 Å². The van der Waals surface area contributed by atoms with Gasteiger partial charge in [0.1, 0.15) is 0 Å². The average Bonchev–Trinajstić information content (AvgIpc) is 2.34. The first-order valence-corrected chi connectivity index (χ1v) is 6.10. The molecule has 0 radical (unpaired) electrons. The molecule has 1 aromatic heterocycles. The first kappa shape index (κ1) is 12.9. The van der Waals surface area contributed by atoms with E-state index in [2.05, 4.69) is 29.9 Å². The summed E-state index contributed by atoms with van der Waals surface area (Å²) in [5, 5.41) is 3.58. The Labute approximate surface area is 98.8 Å². The molecule has 0 saturated carbocycles. The minimum absolute atomic E-state index is 0.544. The molecular formula is C14H22N2. The Bertz CT molecular complexity index is 282. The van der Waals surface area contributed by atoms with E-state index < -0.39 is 0 Å². The first-order chi connectivity index (χ1) is 7.86. The van der Waals surface area contributed by atoms with Gasteiger partial charge in [0.2, 0.25) is 0 Å². The molecule has 0 bridgehead atoms. The summed E-state index contributed by atoms with van der Waals surface area (Å²) in [6.45, 7) is 7.06. The van der Waals surface area contributed by atoms with Crippen molar-refractivity contribution in [3.63, 3.8) is 0 Å². The van der Waals surface area contributed by atoms with Crippen LogP contribution in [-0.4, -0.2) is 17.6 Å². The monoisotopic (exact) mass is 218 g/mol. The Kier molecular flexibility index (Phi) is 6.50. The second kappa shape index (κ2) is 8.05. The third-order valence-corrected chi connectivity index (χ3v) is 2.61. The SMILES string of the molecule is C=CCCC(Cc1cccnc1)NCCC. The molecule has 0 amide bonds. The number of pyridine rings is 1. The molecular weight excluding hydrogens is 196 g/mol. The van der Waals surface area contributed by atoms with Gasteiger partial charge in [-0.1, -0.05) is 19.1 Å². The van der Waals surface area contributed by atoms with Crippen molar-refractivity contribution in [3.8, 4) is 0 Å². The van der Waals surface area contributed by atoms with Crippen molar-refractivity contribution in [2.24, 2.45) is 0 Å². The van der Waals surface area contributed by atoms with Gasteiger partial charge in [-0.2, -0.15) is 0 Å². The van der Waals surface area contributed by atoms with Crippen LogP contribution in [0.3, 0.4) is 0 Å². The molecule has 0 saturated heterocycles. The number of hydrogen-bond donors (Lipinski definition) is 1. The highest BCUT2D eigenvalue weighted by atomic mass is 14.9. The minimum atomic E-state index is 0.544. The largest absolute Gasteiger partial charge is 0.314 e. The molecule has 1 N–H and O–H groups in total. The molecule has 1 aromatic rings. The van der Waals surface area contributed by atoms with Gasteiger partial charge in [0, 0.05) is 18.4 Å². The highest BCUT2D eigenvalue weighted by Crippen LogP contribution is 2.07. The molecule has 0 aromatic carbocycles. The highest BCUT2D eigenvalue weighted by molar-refractivity contribution is 5.10. The third kappa shape index (κ3) is 5.08. The van der Waals surface area contributed by atoms with Crippen molar-refractivity contribution in [2.45, 2.75) is 38.6 Å². The normalized spacial score (nSPS) is 12.3. The van der Waals surface area contributed by atoms with E-state index in [1.54, 1.807) is 0 Å². The van der Waals surface area contributed by atoms with E-state index in [1.165, 1.54) is 12.0 Å². The second-order valence-electron chi connectivity index (χ2n) is 4.08. The average molecular weight is 218 g/mol. The third-order valence-electron chi connectivity index (χ3n) is 2.61. The van der Waals surface area contributed by atoms with E-state index in [-0.39, 0.29) is 0 Å². The fourth-order valence-corrected chi connectivity index (χ4v) is 1.75. The van der Waals surface area contributed by atoms with Crippen molar-refractivity contribution < 1.29 is 0 Å². The summed E-state index contributed by atoms with van der Waals surface area (Å²) in [5.41, 5.74) is 1.31. The Hall–Kier alpha value is -1.15. The molecule has 2 nitrogen and oxygen atoms in total. The lowest BCUT2D eigenvalue weighted by molar-refractivity contribution is 0.480. The van der Waals surface area contributed by atoms with Gasteiger partial charge in [-0.15, -0.1) is 6.58 Å². The van der Waals surface area contributed by atoms with Gasteiger partial charge in [0.25, 0.3) is 0 Å². The molecule has 0 spiro atoms. The van der Waals surface area contributed by atoms with Gasteiger partial charge >= 0.3 is 0 Å². The van der Waals surface area contributed by atoms with E-state index in [1.807, 2.05) is 24.5 Å². The lowest BCUT2D eigenvalue weighted by atomic mass is 10.0. The lowest BCUT2D eigenvalue weighted by Crippen LogP contribution is -2.31. The van der Waals surface area contributed by atoms with Gasteiger partial charge in [-0.25, -0.2) is 0 Å². The number of nitrogens with zero attached hydrogens (tertiary/aromatic N) is 1. The van der Waals surface area contributed by atoms with Crippen molar-refractivity contribution in [2.75, 3.05) is 6.54 Å². The van der Waals surface area contributed by atoms with Crippen LogP contribution in [0.2, 0.25) is 0 Å². The second-order valence-corrected chi connectivity index (χ2v) is 4.08. The van der Waals surface area contributed by atoms with Crippen molar-refractivity contribution >= 4 is 0 Å². The topological polar surface area (TPSA) is 24.9 Å². The minimum Gasteiger partial charge on any atom is -0.314 e. The van der Waals surface area contributed by atoms with Crippen LogP contribution >= 0.6 is 0 Å².